The molecule has 1 aliphatic heterocycles. The Morgan fingerprint density at radius 1 is 0.950 bits per heavy atom. The van der Waals surface area contributed by atoms with E-state index >= 15 is 0 Å². The van der Waals surface area contributed by atoms with Crippen LogP contribution in [0.4, 0.5) is 39.0 Å². The number of methoxy groups -OCH3 is 1. The van der Waals surface area contributed by atoms with Crippen LogP contribution in [0.15, 0.2) is 53.5 Å². The van der Waals surface area contributed by atoms with Crippen LogP contribution >= 0.6 is 23.4 Å². The Labute approximate surface area is 232 Å². The largest absolute Gasteiger partial charge is 0.465 e. The fourth-order valence-corrected chi connectivity index (χ4v) is 4.57. The van der Waals surface area contributed by atoms with Crippen molar-refractivity contribution in [1.29, 1.82) is 0 Å². The molecule has 0 saturated carbocycles. The van der Waals surface area contributed by atoms with Crippen molar-refractivity contribution >= 4 is 63.4 Å². The van der Waals surface area contributed by atoms with Crippen LogP contribution in [0.1, 0.15) is 16.8 Å². The summed E-state index contributed by atoms with van der Waals surface area (Å²) in [5.74, 6) is -13.4. The van der Waals surface area contributed by atoms with E-state index in [-0.39, 0.29) is 22.1 Å². The van der Waals surface area contributed by atoms with Gasteiger partial charge in [-0.3, -0.25) is 15.0 Å². The van der Waals surface area contributed by atoms with E-state index in [0.29, 0.717) is 21.8 Å². The number of amidine groups is 1. The van der Waals surface area contributed by atoms with Crippen LogP contribution in [0, 0.1) is 29.1 Å². The highest BCUT2D eigenvalue weighted by Gasteiger charge is 2.38. The summed E-state index contributed by atoms with van der Waals surface area (Å²) in [6, 6.07) is 11.5. The van der Waals surface area contributed by atoms with Crippen LogP contribution in [0.3, 0.4) is 0 Å². The summed E-state index contributed by atoms with van der Waals surface area (Å²) < 4.78 is 74.4. The van der Waals surface area contributed by atoms with Crippen molar-refractivity contribution in [2.75, 3.05) is 17.9 Å². The normalized spacial score (nSPS) is 16.2. The van der Waals surface area contributed by atoms with Gasteiger partial charge in [-0.05, 0) is 48.5 Å². The fraction of sp³-hybridized carbons (Fsp3) is 0.120. The molecule has 3 aromatic carbocycles. The molecule has 0 bridgehead atoms. The number of benzene rings is 3. The number of thioether (sulfide) groups is 1. The van der Waals surface area contributed by atoms with Gasteiger partial charge in [-0.1, -0.05) is 23.4 Å². The van der Waals surface area contributed by atoms with Crippen LogP contribution in [0.5, 0.6) is 0 Å². The zero-order chi connectivity index (χ0) is 29.1. The standard InChI is InChI=1S/C25H16ClF5N4O4S/c1-39-24(38)11-2-6-13(7-3-11)32-23(37)15-10-16(36)35(25(40-15)33-14-8-4-12(26)5-9-14)34-22-20(30)18(28)17(27)19(29)21(22)31/h2-9,15,34H,10H2,1H3,(H,32,37)/t15-/m0/s1. The predicted molar refractivity (Wildman–Crippen MR) is 138 cm³/mol. The summed E-state index contributed by atoms with van der Waals surface area (Å²) >= 11 is 6.56. The summed E-state index contributed by atoms with van der Waals surface area (Å²) in [6.45, 7) is 0. The quantitative estimate of drug-likeness (QED) is 0.161. The van der Waals surface area contributed by atoms with Gasteiger partial charge in [-0.25, -0.2) is 31.7 Å². The van der Waals surface area contributed by atoms with Gasteiger partial charge in [0.25, 0.3) is 0 Å². The van der Waals surface area contributed by atoms with Gasteiger partial charge < -0.3 is 10.1 Å². The van der Waals surface area contributed by atoms with Crippen molar-refractivity contribution in [2.45, 2.75) is 11.7 Å². The third-order valence-electron chi connectivity index (χ3n) is 5.40. The van der Waals surface area contributed by atoms with E-state index in [4.69, 9.17) is 11.6 Å². The molecular formula is C25H16ClF5N4O4S. The van der Waals surface area contributed by atoms with E-state index in [1.807, 2.05) is 5.43 Å². The number of hydrogen-bond donors (Lipinski definition) is 2. The number of hydrazine groups is 1. The Morgan fingerprint density at radius 2 is 1.52 bits per heavy atom. The minimum atomic E-state index is -2.37. The third kappa shape index (κ3) is 6.02. The second-order valence-electron chi connectivity index (χ2n) is 8.03. The van der Waals surface area contributed by atoms with Crippen LogP contribution in [-0.4, -0.2) is 40.3 Å². The Hall–Kier alpha value is -4.17. The maximum atomic E-state index is 14.4. The number of ether oxygens (including phenoxy) is 1. The molecule has 0 radical (unpaired) electrons. The highest BCUT2D eigenvalue weighted by atomic mass is 35.5. The van der Waals surface area contributed by atoms with Crippen LogP contribution in [0.25, 0.3) is 0 Å². The molecule has 2 amide bonds. The number of hydrogen-bond acceptors (Lipinski definition) is 7. The number of nitrogens with zero attached hydrogens (tertiary/aromatic N) is 2. The number of carbonyl (C=O) groups excluding carboxylic acids is 3. The maximum Gasteiger partial charge on any atom is 0.337 e. The topological polar surface area (TPSA) is 100 Å². The number of anilines is 2. The first-order chi connectivity index (χ1) is 19.0. The Bertz CT molecular complexity index is 1490. The lowest BCUT2D eigenvalue weighted by Crippen LogP contribution is -2.48. The highest BCUT2D eigenvalue weighted by molar-refractivity contribution is 8.15. The molecule has 40 heavy (non-hydrogen) atoms. The van der Waals surface area contributed by atoms with Crippen molar-refractivity contribution in [3.8, 4) is 0 Å². The van der Waals surface area contributed by atoms with Crippen molar-refractivity contribution < 1.29 is 41.1 Å². The molecule has 1 aliphatic rings. The van der Waals surface area contributed by atoms with Gasteiger partial charge in [0.15, 0.2) is 28.4 Å². The van der Waals surface area contributed by atoms with E-state index in [1.54, 1.807) is 0 Å². The third-order valence-corrected chi connectivity index (χ3v) is 6.80. The molecule has 208 valence electrons. The van der Waals surface area contributed by atoms with E-state index in [2.05, 4.69) is 15.0 Å². The fourth-order valence-electron chi connectivity index (χ4n) is 3.38. The minimum Gasteiger partial charge on any atom is -0.465 e. The second-order valence-corrected chi connectivity index (χ2v) is 9.63. The first-order valence-corrected chi connectivity index (χ1v) is 12.4. The highest BCUT2D eigenvalue weighted by Crippen LogP contribution is 2.33. The molecule has 0 spiro atoms. The smallest absolute Gasteiger partial charge is 0.337 e. The summed E-state index contributed by atoms with van der Waals surface area (Å²) in [6.07, 6.45) is -0.543. The molecule has 2 N–H and O–H groups in total. The Kier molecular flexibility index (Phi) is 8.59. The van der Waals surface area contributed by atoms with Crippen LogP contribution < -0.4 is 10.7 Å². The molecule has 0 aromatic heterocycles. The molecule has 15 heteroatoms. The molecule has 0 unspecified atom stereocenters. The van der Waals surface area contributed by atoms with E-state index in [1.165, 1.54) is 55.6 Å². The predicted octanol–water partition coefficient (Wildman–Crippen LogP) is 5.81. The van der Waals surface area contributed by atoms with Gasteiger partial charge in [0.05, 0.1) is 24.8 Å². The number of aliphatic imine (C=N–C) groups is 1. The number of esters is 1. The number of amides is 2. The van der Waals surface area contributed by atoms with Crippen molar-refractivity contribution in [1.82, 2.24) is 5.01 Å². The SMILES string of the molecule is COC(=O)c1ccc(NC(=O)[C@@H]2CC(=O)N(Nc3c(F)c(F)c(F)c(F)c3F)C(=Nc3ccc(Cl)cc3)S2)cc1. The number of rotatable bonds is 6. The first-order valence-electron chi connectivity index (χ1n) is 11.1. The maximum absolute atomic E-state index is 14.4. The molecule has 1 saturated heterocycles. The van der Waals surface area contributed by atoms with Crippen LogP contribution in [-0.2, 0) is 14.3 Å². The van der Waals surface area contributed by atoms with Gasteiger partial charge in [0.1, 0.15) is 10.9 Å². The van der Waals surface area contributed by atoms with Crippen molar-refractivity contribution in [3.05, 3.63) is 88.2 Å². The first kappa shape index (κ1) is 28.8. The molecule has 3 aromatic rings. The second kappa shape index (κ2) is 11.9. The average Bonchev–Trinajstić information content (AvgIpc) is 2.95. The summed E-state index contributed by atoms with van der Waals surface area (Å²) in [7, 11) is 1.21. The monoisotopic (exact) mass is 598 g/mol. The van der Waals surface area contributed by atoms with Crippen molar-refractivity contribution in [3.63, 3.8) is 0 Å². The lowest BCUT2D eigenvalue weighted by Gasteiger charge is -2.32. The summed E-state index contributed by atoms with van der Waals surface area (Å²) in [4.78, 5) is 41.8. The molecule has 1 fully saturated rings. The molecule has 8 nitrogen and oxygen atoms in total. The van der Waals surface area contributed by atoms with Gasteiger partial charge in [0, 0.05) is 10.7 Å². The van der Waals surface area contributed by atoms with Crippen molar-refractivity contribution in [2.24, 2.45) is 4.99 Å². The zero-order valence-corrected chi connectivity index (χ0v) is 21.7. The molecule has 1 heterocycles. The lowest BCUT2D eigenvalue weighted by molar-refractivity contribution is -0.128. The van der Waals surface area contributed by atoms with Gasteiger partial charge >= 0.3 is 5.97 Å². The van der Waals surface area contributed by atoms with E-state index < -0.39 is 64.2 Å². The summed E-state index contributed by atoms with van der Waals surface area (Å²) in [5.41, 5.74) is 1.15. The molecule has 0 aliphatic carbocycles. The van der Waals surface area contributed by atoms with E-state index in [0.717, 1.165) is 0 Å². The molecule has 1 atom stereocenters. The van der Waals surface area contributed by atoms with Crippen LogP contribution in [0.2, 0.25) is 5.02 Å². The lowest BCUT2D eigenvalue weighted by atomic mass is 10.2. The summed E-state index contributed by atoms with van der Waals surface area (Å²) in [5, 5.41) is 1.97. The number of carbonyl (C=O) groups is 3. The van der Waals surface area contributed by atoms with Gasteiger partial charge in [0.2, 0.25) is 17.6 Å². The Morgan fingerprint density at radius 3 is 2.10 bits per heavy atom. The minimum absolute atomic E-state index is 0.198. The van der Waals surface area contributed by atoms with Gasteiger partial charge in [-0.15, -0.1) is 0 Å². The Balaban J connectivity index is 1.64. The molecular weight excluding hydrogens is 583 g/mol. The number of halogens is 6. The zero-order valence-electron chi connectivity index (χ0n) is 20.1. The van der Waals surface area contributed by atoms with E-state index in [9.17, 15) is 36.3 Å². The molecule has 4 rings (SSSR count). The number of nitrogens with one attached hydrogen (secondary N) is 2. The van der Waals surface area contributed by atoms with Gasteiger partial charge in [-0.2, -0.15) is 5.01 Å². The average molecular weight is 599 g/mol.